The van der Waals surface area contributed by atoms with Crippen molar-refractivity contribution >= 4 is 5.97 Å². The Hall–Kier alpha value is -2.02. The normalized spacial score (nSPS) is 9.05. The lowest BCUT2D eigenvalue weighted by atomic mass is 10.2. The van der Waals surface area contributed by atoms with E-state index in [1.54, 1.807) is 19.1 Å². The quantitative estimate of drug-likeness (QED) is 0.782. The molecule has 0 aliphatic carbocycles. The molecular formula is C15H21NO3. The molecule has 0 heterocycles. The summed E-state index contributed by atoms with van der Waals surface area (Å²) in [6.07, 6.45) is 0.500. The van der Waals surface area contributed by atoms with Crippen LogP contribution in [0.1, 0.15) is 39.7 Å². The first-order chi connectivity index (χ1) is 9.04. The van der Waals surface area contributed by atoms with Crippen LogP contribution in [0, 0.1) is 11.3 Å². The van der Waals surface area contributed by atoms with Crippen molar-refractivity contribution in [3.8, 4) is 11.8 Å². The van der Waals surface area contributed by atoms with Crippen LogP contribution in [-0.4, -0.2) is 18.7 Å². The second kappa shape index (κ2) is 9.95. The number of nitriles is 1. The molecule has 0 unspecified atom stereocenters. The predicted molar refractivity (Wildman–Crippen MR) is 73.8 cm³/mol. The van der Waals surface area contributed by atoms with Gasteiger partial charge in [0.25, 0.3) is 0 Å². The number of para-hydroxylation sites is 1. The molecule has 4 heteroatoms. The summed E-state index contributed by atoms with van der Waals surface area (Å²) >= 11 is 0. The number of rotatable bonds is 4. The molecule has 0 atom stereocenters. The minimum atomic E-state index is -0.125. The lowest BCUT2D eigenvalue weighted by molar-refractivity contribution is -0.146. The van der Waals surface area contributed by atoms with Crippen LogP contribution < -0.4 is 4.74 Å². The molecule has 0 saturated heterocycles. The summed E-state index contributed by atoms with van der Waals surface area (Å²) in [6, 6.07) is 9.26. The van der Waals surface area contributed by atoms with Crippen LogP contribution in [0.25, 0.3) is 0 Å². The summed E-state index contributed by atoms with van der Waals surface area (Å²) < 4.78 is 9.97. The zero-order valence-electron chi connectivity index (χ0n) is 12.0. The lowest BCUT2D eigenvalue weighted by Gasteiger charge is -2.04. The minimum Gasteiger partial charge on any atom is -0.492 e. The molecule has 1 rings (SSSR count). The summed E-state index contributed by atoms with van der Waals surface area (Å²) in [6.45, 7) is 7.96. The summed E-state index contributed by atoms with van der Waals surface area (Å²) in [4.78, 5) is 10.4. The Morgan fingerprint density at radius 2 is 1.95 bits per heavy atom. The second-order valence-electron chi connectivity index (χ2n) is 3.93. The topological polar surface area (TPSA) is 59.3 Å². The molecule has 0 amide bonds. The van der Waals surface area contributed by atoms with Gasteiger partial charge in [0.15, 0.2) is 0 Å². The first-order valence-corrected chi connectivity index (χ1v) is 6.36. The zero-order valence-corrected chi connectivity index (χ0v) is 12.0. The molecule has 0 aliphatic rings. The van der Waals surface area contributed by atoms with Gasteiger partial charge in [0.05, 0.1) is 18.3 Å². The van der Waals surface area contributed by atoms with E-state index in [-0.39, 0.29) is 12.1 Å². The fourth-order valence-electron chi connectivity index (χ4n) is 1.19. The average Bonchev–Trinajstić information content (AvgIpc) is 2.39. The highest BCUT2D eigenvalue weighted by atomic mass is 16.5. The lowest BCUT2D eigenvalue weighted by Crippen LogP contribution is -2.09. The van der Waals surface area contributed by atoms with Crippen LogP contribution in [0.4, 0.5) is 0 Å². The van der Waals surface area contributed by atoms with E-state index in [4.69, 9.17) is 14.7 Å². The summed E-state index contributed by atoms with van der Waals surface area (Å²) in [5, 5.41) is 8.62. The summed E-state index contributed by atoms with van der Waals surface area (Å²) in [7, 11) is 0. The average molecular weight is 263 g/mol. The van der Waals surface area contributed by atoms with Gasteiger partial charge in [-0.15, -0.1) is 0 Å². The molecule has 0 aliphatic heterocycles. The number of ether oxygens (including phenoxy) is 2. The monoisotopic (exact) mass is 263 g/mol. The van der Waals surface area contributed by atoms with Gasteiger partial charge < -0.3 is 9.47 Å². The van der Waals surface area contributed by atoms with E-state index < -0.39 is 0 Å². The van der Waals surface area contributed by atoms with Gasteiger partial charge in [0.2, 0.25) is 0 Å². The van der Waals surface area contributed by atoms with Crippen LogP contribution in [0.3, 0.4) is 0 Å². The summed E-state index contributed by atoms with van der Waals surface area (Å²) in [5.41, 5.74) is 0.592. The van der Waals surface area contributed by atoms with Crippen LogP contribution in [0.2, 0.25) is 0 Å². The molecule has 0 bridgehead atoms. The molecule has 1 aromatic carbocycles. The van der Waals surface area contributed by atoms with Crippen LogP contribution in [0.5, 0.6) is 5.75 Å². The first-order valence-electron chi connectivity index (χ1n) is 6.36. The molecule has 0 radical (unpaired) electrons. The third-order valence-electron chi connectivity index (χ3n) is 1.96. The van der Waals surface area contributed by atoms with Gasteiger partial charge in [-0.2, -0.15) is 5.26 Å². The molecule has 19 heavy (non-hydrogen) atoms. The largest absolute Gasteiger partial charge is 0.492 e. The molecule has 0 N–H and O–H groups in total. The van der Waals surface area contributed by atoms with Gasteiger partial charge in [-0.3, -0.25) is 4.79 Å². The maximum absolute atomic E-state index is 10.4. The van der Waals surface area contributed by atoms with Crippen molar-refractivity contribution in [2.45, 2.75) is 40.2 Å². The van der Waals surface area contributed by atoms with Crippen LogP contribution >= 0.6 is 0 Å². The summed E-state index contributed by atoms with van der Waals surface area (Å²) in [5.74, 6) is 0.539. The smallest absolute Gasteiger partial charge is 0.305 e. The highest BCUT2D eigenvalue weighted by Crippen LogP contribution is 2.15. The highest BCUT2D eigenvalue weighted by molar-refractivity contribution is 5.68. The van der Waals surface area contributed by atoms with E-state index >= 15 is 0 Å². The molecule has 0 fully saturated rings. The minimum absolute atomic E-state index is 0.0300. The van der Waals surface area contributed by atoms with Gasteiger partial charge in [0, 0.05) is 6.42 Å². The van der Waals surface area contributed by atoms with Gasteiger partial charge >= 0.3 is 5.97 Å². The van der Waals surface area contributed by atoms with E-state index in [1.165, 1.54) is 0 Å². The van der Waals surface area contributed by atoms with E-state index in [2.05, 4.69) is 6.07 Å². The zero-order chi connectivity index (χ0) is 14.7. The molecule has 1 aromatic rings. The van der Waals surface area contributed by atoms with Crippen LogP contribution in [0.15, 0.2) is 24.3 Å². The standard InChI is InChI=1S/C9H9NO.C6H12O2/c1-2-11-9-6-4-3-5-8(9)7-10;1-4-6(7)8-5(2)3/h3-6H,2H2,1H3;5H,4H2,1-3H3. The van der Waals surface area contributed by atoms with Crippen molar-refractivity contribution in [3.63, 3.8) is 0 Å². The third kappa shape index (κ3) is 7.82. The third-order valence-corrected chi connectivity index (χ3v) is 1.96. The molecule has 4 nitrogen and oxygen atoms in total. The molecule has 104 valence electrons. The Balaban J connectivity index is 0.000000362. The van der Waals surface area contributed by atoms with Crippen molar-refractivity contribution in [1.29, 1.82) is 5.26 Å². The maximum atomic E-state index is 10.4. The van der Waals surface area contributed by atoms with E-state index in [1.807, 2.05) is 32.9 Å². The van der Waals surface area contributed by atoms with Gasteiger partial charge in [0.1, 0.15) is 11.8 Å². The van der Waals surface area contributed by atoms with Gasteiger partial charge in [-0.25, -0.2) is 0 Å². The predicted octanol–water partition coefficient (Wildman–Crippen LogP) is 3.30. The number of benzene rings is 1. The van der Waals surface area contributed by atoms with E-state index in [0.29, 0.717) is 24.3 Å². The van der Waals surface area contributed by atoms with E-state index in [0.717, 1.165) is 0 Å². The fraction of sp³-hybridized carbons (Fsp3) is 0.467. The number of hydrogen-bond acceptors (Lipinski definition) is 4. The highest BCUT2D eigenvalue weighted by Gasteiger charge is 1.99. The fourth-order valence-corrected chi connectivity index (χ4v) is 1.19. The molecule has 0 aromatic heterocycles. The number of carbonyl (C=O) groups is 1. The number of hydrogen-bond donors (Lipinski definition) is 0. The number of nitrogens with zero attached hydrogens (tertiary/aromatic N) is 1. The Morgan fingerprint density at radius 3 is 2.37 bits per heavy atom. The van der Waals surface area contributed by atoms with Crippen molar-refractivity contribution < 1.29 is 14.3 Å². The Kier molecular flexibility index (Phi) is 8.90. The van der Waals surface area contributed by atoms with Crippen molar-refractivity contribution in [1.82, 2.24) is 0 Å². The Bertz CT molecular complexity index is 422. The molecular weight excluding hydrogens is 242 g/mol. The Labute approximate surface area is 115 Å². The Morgan fingerprint density at radius 1 is 1.32 bits per heavy atom. The number of esters is 1. The van der Waals surface area contributed by atoms with Crippen molar-refractivity contribution in [3.05, 3.63) is 29.8 Å². The van der Waals surface area contributed by atoms with E-state index in [9.17, 15) is 4.79 Å². The second-order valence-corrected chi connectivity index (χ2v) is 3.93. The maximum Gasteiger partial charge on any atom is 0.305 e. The van der Waals surface area contributed by atoms with Gasteiger partial charge in [-0.05, 0) is 32.9 Å². The SMILES string of the molecule is CCC(=O)OC(C)C.CCOc1ccccc1C#N. The first kappa shape index (κ1) is 17.0. The molecule has 0 saturated carbocycles. The van der Waals surface area contributed by atoms with Crippen molar-refractivity contribution in [2.24, 2.45) is 0 Å². The van der Waals surface area contributed by atoms with Gasteiger partial charge in [-0.1, -0.05) is 19.1 Å². The molecule has 0 spiro atoms. The van der Waals surface area contributed by atoms with Crippen LogP contribution in [-0.2, 0) is 9.53 Å². The van der Waals surface area contributed by atoms with Crippen molar-refractivity contribution in [2.75, 3.05) is 6.61 Å². The number of carbonyl (C=O) groups excluding carboxylic acids is 1.